The number of Topliss-reactive ketones (excluding diaryl/α,β-unsaturated/α-hetero) is 1. The summed E-state index contributed by atoms with van der Waals surface area (Å²) in [5.74, 6) is 0.607. The van der Waals surface area contributed by atoms with Gasteiger partial charge in [0, 0.05) is 30.1 Å². The molecule has 0 radical (unpaired) electrons. The van der Waals surface area contributed by atoms with Gasteiger partial charge in [0.05, 0.1) is 5.69 Å². The predicted molar refractivity (Wildman–Crippen MR) is 106 cm³/mol. The summed E-state index contributed by atoms with van der Waals surface area (Å²) >= 11 is 0. The second-order valence-electron chi connectivity index (χ2n) is 7.66. The molecule has 25 heavy (non-hydrogen) atoms. The van der Waals surface area contributed by atoms with Crippen molar-refractivity contribution in [2.24, 2.45) is 4.99 Å². The number of hydrogen-bond acceptors (Lipinski definition) is 3. The highest BCUT2D eigenvalue weighted by molar-refractivity contribution is 5.94. The number of hydrogen-bond donors (Lipinski definition) is 0. The number of carbonyl (C=O) groups excluding carboxylic acids is 1. The van der Waals surface area contributed by atoms with Crippen molar-refractivity contribution in [1.29, 1.82) is 0 Å². The number of nitrogens with zero attached hydrogens (tertiary/aromatic N) is 2. The molecule has 0 aromatic heterocycles. The van der Waals surface area contributed by atoms with E-state index in [-0.39, 0.29) is 11.3 Å². The first-order chi connectivity index (χ1) is 11.8. The number of anilines is 1. The van der Waals surface area contributed by atoms with Gasteiger partial charge in [-0.25, -0.2) is 0 Å². The second kappa shape index (κ2) is 6.47. The molecule has 1 atom stereocenters. The van der Waals surface area contributed by atoms with Crippen LogP contribution in [0, 0.1) is 0 Å². The van der Waals surface area contributed by atoms with Crippen molar-refractivity contribution in [2.75, 3.05) is 11.9 Å². The molecule has 0 saturated heterocycles. The number of fused-ring (bicyclic) bond motifs is 1. The quantitative estimate of drug-likeness (QED) is 0.559. The van der Waals surface area contributed by atoms with E-state index in [0.29, 0.717) is 11.5 Å². The average molecular weight is 334 g/mol. The van der Waals surface area contributed by atoms with Crippen molar-refractivity contribution in [2.45, 2.75) is 45.6 Å². The number of aliphatic imine (C=N–C) groups is 1. The molecule has 3 rings (SSSR count). The van der Waals surface area contributed by atoms with Crippen LogP contribution < -0.4 is 4.90 Å². The molecule has 1 heterocycles. The first-order valence-corrected chi connectivity index (χ1v) is 8.81. The van der Waals surface area contributed by atoms with Crippen molar-refractivity contribution in [3.8, 4) is 0 Å². The minimum Gasteiger partial charge on any atom is -0.369 e. The van der Waals surface area contributed by atoms with Crippen molar-refractivity contribution in [3.05, 3.63) is 59.2 Å². The van der Waals surface area contributed by atoms with Gasteiger partial charge in [0.1, 0.15) is 0 Å². The standard InChI is InChI=1S/C22H26N2O/c1-15-13-22(3,4)24(5)21-11-6-17(12-20(15)21)14-23-19-9-7-18(8-10-19)16(2)25/h6-12,14-15H,13H2,1-5H3. The maximum atomic E-state index is 11.3. The van der Waals surface area contributed by atoms with Gasteiger partial charge >= 0.3 is 0 Å². The summed E-state index contributed by atoms with van der Waals surface area (Å²) in [5.41, 5.74) is 5.56. The molecule has 0 aliphatic carbocycles. The van der Waals surface area contributed by atoms with E-state index in [1.54, 1.807) is 6.92 Å². The molecule has 2 aromatic rings. The molecule has 0 N–H and O–H groups in total. The first-order valence-electron chi connectivity index (χ1n) is 8.81. The van der Waals surface area contributed by atoms with Gasteiger partial charge in [-0.2, -0.15) is 0 Å². The summed E-state index contributed by atoms with van der Waals surface area (Å²) in [6.07, 6.45) is 3.04. The lowest BCUT2D eigenvalue weighted by Crippen LogP contribution is -2.45. The number of rotatable bonds is 3. The summed E-state index contributed by atoms with van der Waals surface area (Å²) in [4.78, 5) is 18.3. The van der Waals surface area contributed by atoms with E-state index in [1.165, 1.54) is 11.3 Å². The summed E-state index contributed by atoms with van der Waals surface area (Å²) in [7, 11) is 2.18. The van der Waals surface area contributed by atoms with Crippen LogP contribution in [0.3, 0.4) is 0 Å². The summed E-state index contributed by atoms with van der Waals surface area (Å²) in [6, 6.07) is 14.0. The van der Waals surface area contributed by atoms with Crippen LogP contribution in [0.5, 0.6) is 0 Å². The van der Waals surface area contributed by atoms with Crippen molar-refractivity contribution in [1.82, 2.24) is 0 Å². The largest absolute Gasteiger partial charge is 0.369 e. The Morgan fingerprint density at radius 2 is 1.88 bits per heavy atom. The van der Waals surface area contributed by atoms with Crippen LogP contribution in [0.25, 0.3) is 0 Å². The summed E-state index contributed by atoms with van der Waals surface area (Å²) in [6.45, 7) is 8.47. The molecule has 1 unspecified atom stereocenters. The van der Waals surface area contributed by atoms with Crippen LogP contribution in [0.15, 0.2) is 47.5 Å². The van der Waals surface area contributed by atoms with Crippen LogP contribution in [-0.4, -0.2) is 24.6 Å². The maximum absolute atomic E-state index is 11.3. The Morgan fingerprint density at radius 1 is 1.20 bits per heavy atom. The Balaban J connectivity index is 1.85. The molecule has 1 aliphatic rings. The average Bonchev–Trinajstić information content (AvgIpc) is 2.58. The Kier molecular flexibility index (Phi) is 4.51. The van der Waals surface area contributed by atoms with Crippen LogP contribution in [0.2, 0.25) is 0 Å². The van der Waals surface area contributed by atoms with E-state index in [2.05, 4.69) is 55.9 Å². The normalized spacial score (nSPS) is 19.1. The van der Waals surface area contributed by atoms with E-state index in [1.807, 2.05) is 30.5 Å². The van der Waals surface area contributed by atoms with Crippen LogP contribution in [-0.2, 0) is 0 Å². The molecule has 0 saturated carbocycles. The van der Waals surface area contributed by atoms with Gasteiger partial charge in [-0.05, 0) is 80.6 Å². The molecule has 0 fully saturated rings. The number of carbonyl (C=O) groups is 1. The number of ketones is 1. The molecule has 0 spiro atoms. The number of benzene rings is 2. The van der Waals surface area contributed by atoms with Crippen molar-refractivity contribution >= 4 is 23.4 Å². The Morgan fingerprint density at radius 3 is 2.52 bits per heavy atom. The highest BCUT2D eigenvalue weighted by atomic mass is 16.1. The predicted octanol–water partition coefficient (Wildman–Crippen LogP) is 5.36. The van der Waals surface area contributed by atoms with Gasteiger partial charge in [0.25, 0.3) is 0 Å². The lowest BCUT2D eigenvalue weighted by atomic mass is 9.80. The molecule has 0 amide bonds. The lowest BCUT2D eigenvalue weighted by molar-refractivity contribution is 0.101. The van der Waals surface area contributed by atoms with Crippen LogP contribution in [0.4, 0.5) is 11.4 Å². The SMILES string of the molecule is CC(=O)c1ccc(N=Cc2ccc3c(c2)C(C)CC(C)(C)N3C)cc1. The van der Waals surface area contributed by atoms with Crippen LogP contribution >= 0.6 is 0 Å². The third kappa shape index (κ3) is 3.51. The van der Waals surface area contributed by atoms with E-state index in [9.17, 15) is 4.79 Å². The van der Waals surface area contributed by atoms with E-state index < -0.39 is 0 Å². The minimum absolute atomic E-state index is 0.0752. The molecule has 130 valence electrons. The van der Waals surface area contributed by atoms with Gasteiger partial charge in [-0.3, -0.25) is 9.79 Å². The third-order valence-corrected chi connectivity index (χ3v) is 5.29. The highest BCUT2D eigenvalue weighted by Gasteiger charge is 2.33. The minimum atomic E-state index is 0.0752. The Bertz CT molecular complexity index is 818. The second-order valence-corrected chi connectivity index (χ2v) is 7.66. The van der Waals surface area contributed by atoms with Gasteiger partial charge < -0.3 is 4.90 Å². The third-order valence-electron chi connectivity index (χ3n) is 5.29. The topological polar surface area (TPSA) is 32.7 Å². The van der Waals surface area contributed by atoms with Gasteiger partial charge in [0.2, 0.25) is 0 Å². The van der Waals surface area contributed by atoms with Crippen molar-refractivity contribution < 1.29 is 4.79 Å². The van der Waals surface area contributed by atoms with Gasteiger partial charge in [0.15, 0.2) is 5.78 Å². The fourth-order valence-electron chi connectivity index (χ4n) is 3.61. The molecule has 0 bridgehead atoms. The monoisotopic (exact) mass is 334 g/mol. The summed E-state index contributed by atoms with van der Waals surface area (Å²) in [5, 5.41) is 0. The molecule has 3 nitrogen and oxygen atoms in total. The zero-order chi connectivity index (χ0) is 18.2. The molecule has 3 heteroatoms. The molecular formula is C22H26N2O. The Hall–Kier alpha value is -2.42. The van der Waals surface area contributed by atoms with Crippen molar-refractivity contribution in [3.63, 3.8) is 0 Å². The molecular weight excluding hydrogens is 308 g/mol. The fraction of sp³-hybridized carbons (Fsp3) is 0.364. The van der Waals surface area contributed by atoms with Gasteiger partial charge in [-0.15, -0.1) is 0 Å². The van der Waals surface area contributed by atoms with Gasteiger partial charge in [-0.1, -0.05) is 13.0 Å². The van der Waals surface area contributed by atoms with Crippen LogP contribution in [0.1, 0.15) is 61.5 Å². The molecule has 2 aromatic carbocycles. The maximum Gasteiger partial charge on any atom is 0.159 e. The zero-order valence-corrected chi connectivity index (χ0v) is 15.7. The van der Waals surface area contributed by atoms with E-state index in [0.717, 1.165) is 17.7 Å². The fourth-order valence-corrected chi connectivity index (χ4v) is 3.61. The van der Waals surface area contributed by atoms with E-state index in [4.69, 9.17) is 0 Å². The lowest BCUT2D eigenvalue weighted by Gasteiger charge is -2.45. The van der Waals surface area contributed by atoms with E-state index >= 15 is 0 Å². The Labute approximate surface area is 150 Å². The highest BCUT2D eigenvalue weighted by Crippen LogP contribution is 2.42. The molecule has 1 aliphatic heterocycles. The first kappa shape index (κ1) is 17.4. The summed E-state index contributed by atoms with van der Waals surface area (Å²) < 4.78 is 0. The zero-order valence-electron chi connectivity index (χ0n) is 15.7. The smallest absolute Gasteiger partial charge is 0.159 e.